The van der Waals surface area contributed by atoms with E-state index in [-0.39, 0.29) is 29.3 Å². The van der Waals surface area contributed by atoms with E-state index in [0.29, 0.717) is 5.69 Å². The van der Waals surface area contributed by atoms with Crippen LogP contribution in [0.4, 0.5) is 18.9 Å². The number of alkyl halides is 3. The lowest BCUT2D eigenvalue weighted by atomic mass is 9.81. The van der Waals surface area contributed by atoms with Crippen LogP contribution in [0.1, 0.15) is 46.8 Å². The molecule has 162 valence electrons. The quantitative estimate of drug-likeness (QED) is 0.708. The predicted octanol–water partition coefficient (Wildman–Crippen LogP) is 5.26. The van der Waals surface area contributed by atoms with Crippen molar-refractivity contribution < 1.29 is 22.7 Å². The van der Waals surface area contributed by atoms with E-state index in [4.69, 9.17) is 4.74 Å². The maximum Gasteiger partial charge on any atom is 0.419 e. The molecule has 1 atom stereocenters. The Labute approximate surface area is 179 Å². The highest BCUT2D eigenvalue weighted by Crippen LogP contribution is 2.44. The number of methoxy groups -OCH3 is 1. The fraction of sp³-hybridized carbons (Fsp3) is 0.409. The molecular weight excluding hydrogens is 417 g/mol. The summed E-state index contributed by atoms with van der Waals surface area (Å²) in [6.07, 6.45) is -1.44. The monoisotopic (exact) mass is 440 g/mol. The molecular formula is C22H24ClF3N2O2. The molecule has 4 nitrogen and oxygen atoms in total. The molecule has 0 saturated carbocycles. The van der Waals surface area contributed by atoms with Gasteiger partial charge in [0, 0.05) is 23.3 Å². The number of amides is 1. The van der Waals surface area contributed by atoms with Crippen LogP contribution in [-0.2, 0) is 18.1 Å². The van der Waals surface area contributed by atoms with Crippen molar-refractivity contribution in [2.75, 3.05) is 25.5 Å². The molecule has 0 spiro atoms. The third-order valence-corrected chi connectivity index (χ3v) is 6.16. The van der Waals surface area contributed by atoms with E-state index in [1.807, 2.05) is 18.2 Å². The van der Waals surface area contributed by atoms with Crippen LogP contribution in [0.2, 0.25) is 0 Å². The molecule has 2 aliphatic heterocycles. The molecule has 30 heavy (non-hydrogen) atoms. The number of nitrogens with zero attached hydrogens (tertiary/aromatic N) is 1. The first-order valence-corrected chi connectivity index (χ1v) is 9.67. The second kappa shape index (κ2) is 8.12. The first kappa shape index (κ1) is 22.4. The van der Waals surface area contributed by atoms with Crippen LogP contribution in [0.3, 0.4) is 0 Å². The van der Waals surface area contributed by atoms with E-state index < -0.39 is 17.6 Å². The molecule has 2 aromatic rings. The number of benzene rings is 2. The van der Waals surface area contributed by atoms with Gasteiger partial charge >= 0.3 is 6.18 Å². The van der Waals surface area contributed by atoms with Gasteiger partial charge in [0.1, 0.15) is 5.75 Å². The van der Waals surface area contributed by atoms with Gasteiger partial charge in [-0.3, -0.25) is 9.69 Å². The summed E-state index contributed by atoms with van der Waals surface area (Å²) in [6.45, 7) is 4.32. The summed E-state index contributed by atoms with van der Waals surface area (Å²) in [7, 11) is 1.17. The molecule has 0 aromatic heterocycles. The van der Waals surface area contributed by atoms with Gasteiger partial charge in [0.05, 0.1) is 12.7 Å². The number of ether oxygens (including phenoxy) is 1. The summed E-state index contributed by atoms with van der Waals surface area (Å²) in [5, 5.41) is 2.76. The van der Waals surface area contributed by atoms with Crippen LogP contribution >= 0.6 is 12.4 Å². The minimum atomic E-state index is -4.60. The Morgan fingerprint density at radius 3 is 2.63 bits per heavy atom. The van der Waals surface area contributed by atoms with Crippen molar-refractivity contribution in [3.05, 3.63) is 58.7 Å². The Balaban J connectivity index is 0.00000256. The van der Waals surface area contributed by atoms with Crippen molar-refractivity contribution >= 4 is 24.0 Å². The average Bonchev–Trinajstić information content (AvgIpc) is 3.09. The SMILES string of the molecule is COc1ccc(C(=O)Nc2ccc3c(c2)C2(C)CCCN2CC3)cc1C(F)(F)F.Cl. The lowest BCUT2D eigenvalue weighted by Gasteiger charge is -2.41. The van der Waals surface area contributed by atoms with Gasteiger partial charge in [-0.1, -0.05) is 6.07 Å². The Hall–Kier alpha value is -2.25. The summed E-state index contributed by atoms with van der Waals surface area (Å²) >= 11 is 0. The highest BCUT2D eigenvalue weighted by atomic mass is 35.5. The molecule has 2 aliphatic rings. The van der Waals surface area contributed by atoms with Crippen molar-refractivity contribution in [2.45, 2.75) is 37.9 Å². The zero-order valence-electron chi connectivity index (χ0n) is 16.8. The third-order valence-electron chi connectivity index (χ3n) is 6.16. The number of fused-ring (bicyclic) bond motifs is 3. The standard InChI is InChI=1S/C22H23F3N2O2.ClH/c1-21-9-3-10-27(21)11-8-14-4-6-16(13-17(14)21)26-20(28)15-5-7-19(29-2)18(12-15)22(23,24)25;/h4-7,12-13H,3,8-11H2,1-2H3,(H,26,28);1H. The molecule has 8 heteroatoms. The largest absolute Gasteiger partial charge is 0.496 e. The number of carbonyl (C=O) groups excluding carboxylic acids is 1. The van der Waals surface area contributed by atoms with Crippen molar-refractivity contribution in [1.29, 1.82) is 0 Å². The second-order valence-electron chi connectivity index (χ2n) is 7.85. The van der Waals surface area contributed by atoms with E-state index >= 15 is 0 Å². The number of carbonyl (C=O) groups is 1. The highest BCUT2D eigenvalue weighted by Gasteiger charge is 2.42. The average molecular weight is 441 g/mol. The van der Waals surface area contributed by atoms with Crippen molar-refractivity contribution in [2.24, 2.45) is 0 Å². The van der Waals surface area contributed by atoms with Crippen LogP contribution < -0.4 is 10.1 Å². The summed E-state index contributed by atoms with van der Waals surface area (Å²) in [5.41, 5.74) is 1.99. The zero-order chi connectivity index (χ0) is 20.8. The lowest BCUT2D eigenvalue weighted by Crippen LogP contribution is -2.44. The summed E-state index contributed by atoms with van der Waals surface area (Å²) in [4.78, 5) is 15.1. The van der Waals surface area contributed by atoms with Crippen LogP contribution in [0.25, 0.3) is 0 Å². The molecule has 1 fully saturated rings. The molecule has 0 bridgehead atoms. The van der Waals surface area contributed by atoms with Gasteiger partial charge in [-0.2, -0.15) is 13.2 Å². The van der Waals surface area contributed by atoms with Gasteiger partial charge in [0.2, 0.25) is 0 Å². The van der Waals surface area contributed by atoms with Crippen LogP contribution in [0, 0.1) is 0 Å². The van der Waals surface area contributed by atoms with Crippen molar-refractivity contribution in [1.82, 2.24) is 4.90 Å². The van der Waals surface area contributed by atoms with Gasteiger partial charge in [-0.25, -0.2) is 0 Å². The molecule has 2 aromatic carbocycles. The molecule has 1 amide bonds. The smallest absolute Gasteiger partial charge is 0.419 e. The van der Waals surface area contributed by atoms with Crippen molar-refractivity contribution in [3.8, 4) is 5.75 Å². The van der Waals surface area contributed by atoms with Crippen LogP contribution in [-0.4, -0.2) is 31.0 Å². The summed E-state index contributed by atoms with van der Waals surface area (Å²) in [6, 6.07) is 9.13. The Kier molecular flexibility index (Phi) is 6.07. The summed E-state index contributed by atoms with van der Waals surface area (Å²) < 4.78 is 44.5. The van der Waals surface area contributed by atoms with Gasteiger partial charge in [0.15, 0.2) is 0 Å². The normalized spacial score (nSPS) is 20.7. The second-order valence-corrected chi connectivity index (χ2v) is 7.85. The Morgan fingerprint density at radius 2 is 1.93 bits per heavy atom. The molecule has 0 radical (unpaired) electrons. The van der Waals surface area contributed by atoms with E-state index in [1.165, 1.54) is 30.4 Å². The van der Waals surface area contributed by atoms with E-state index in [0.717, 1.165) is 38.4 Å². The number of hydrogen-bond donors (Lipinski definition) is 1. The maximum absolute atomic E-state index is 13.2. The molecule has 2 heterocycles. The van der Waals surface area contributed by atoms with Crippen LogP contribution in [0.5, 0.6) is 5.75 Å². The number of anilines is 1. The van der Waals surface area contributed by atoms with Gasteiger partial charge in [-0.05, 0) is 74.2 Å². The number of hydrogen-bond acceptors (Lipinski definition) is 3. The third kappa shape index (κ3) is 3.88. The maximum atomic E-state index is 13.2. The first-order valence-electron chi connectivity index (χ1n) is 9.67. The molecule has 1 unspecified atom stereocenters. The summed E-state index contributed by atoms with van der Waals surface area (Å²) in [5.74, 6) is -0.889. The number of halogens is 4. The minimum Gasteiger partial charge on any atom is -0.496 e. The Morgan fingerprint density at radius 1 is 1.17 bits per heavy atom. The zero-order valence-corrected chi connectivity index (χ0v) is 17.6. The van der Waals surface area contributed by atoms with E-state index in [9.17, 15) is 18.0 Å². The lowest BCUT2D eigenvalue weighted by molar-refractivity contribution is -0.138. The fourth-order valence-corrected chi connectivity index (χ4v) is 4.59. The first-order chi connectivity index (χ1) is 13.7. The molecule has 1 saturated heterocycles. The van der Waals surface area contributed by atoms with E-state index in [1.54, 1.807) is 0 Å². The highest BCUT2D eigenvalue weighted by molar-refractivity contribution is 6.04. The Bertz CT molecular complexity index is 964. The minimum absolute atomic E-state index is 0. The predicted molar refractivity (Wildman–Crippen MR) is 112 cm³/mol. The van der Waals surface area contributed by atoms with Crippen molar-refractivity contribution in [3.63, 3.8) is 0 Å². The topological polar surface area (TPSA) is 41.6 Å². The van der Waals surface area contributed by atoms with Gasteiger partial charge in [0.25, 0.3) is 5.91 Å². The van der Waals surface area contributed by atoms with Gasteiger partial charge < -0.3 is 10.1 Å². The van der Waals surface area contributed by atoms with E-state index in [2.05, 4.69) is 17.1 Å². The molecule has 4 rings (SSSR count). The molecule has 0 aliphatic carbocycles. The van der Waals surface area contributed by atoms with Crippen LogP contribution in [0.15, 0.2) is 36.4 Å². The number of rotatable bonds is 3. The van der Waals surface area contributed by atoms with Gasteiger partial charge in [-0.15, -0.1) is 12.4 Å². The number of nitrogens with one attached hydrogen (secondary N) is 1. The fourth-order valence-electron chi connectivity index (χ4n) is 4.59. The molecule has 1 N–H and O–H groups in total.